The Bertz CT molecular complexity index is 1330. The first-order valence-corrected chi connectivity index (χ1v) is 12.4. The Balaban J connectivity index is 1.15. The summed E-state index contributed by atoms with van der Waals surface area (Å²) in [4.78, 5) is 28.2. The highest BCUT2D eigenvalue weighted by Crippen LogP contribution is 2.24. The molecule has 184 valence electrons. The van der Waals surface area contributed by atoms with Crippen molar-refractivity contribution in [1.29, 1.82) is 0 Å². The first-order valence-electron chi connectivity index (χ1n) is 12.4. The van der Waals surface area contributed by atoms with Gasteiger partial charge in [-0.05, 0) is 52.9 Å². The van der Waals surface area contributed by atoms with E-state index in [9.17, 15) is 9.59 Å². The van der Waals surface area contributed by atoms with E-state index in [-0.39, 0.29) is 17.7 Å². The van der Waals surface area contributed by atoms with Crippen molar-refractivity contribution >= 4 is 22.6 Å². The maximum Gasteiger partial charge on any atom is 0.254 e. The van der Waals surface area contributed by atoms with Crippen LogP contribution in [0.25, 0.3) is 10.8 Å². The third kappa shape index (κ3) is 5.66. The van der Waals surface area contributed by atoms with Crippen molar-refractivity contribution in [1.82, 2.24) is 10.2 Å². The van der Waals surface area contributed by atoms with Crippen molar-refractivity contribution in [3.8, 4) is 0 Å². The minimum absolute atomic E-state index is 0.00782. The molecule has 1 saturated heterocycles. The number of piperidine rings is 1. The van der Waals surface area contributed by atoms with Crippen LogP contribution >= 0.6 is 0 Å². The van der Waals surface area contributed by atoms with Crippen LogP contribution in [0, 0.1) is 5.92 Å². The first kappa shape index (κ1) is 23.8. The summed E-state index contributed by atoms with van der Waals surface area (Å²) in [6.07, 6.45) is 3.23. The van der Waals surface area contributed by atoms with Gasteiger partial charge in [-0.25, -0.2) is 0 Å². The molecule has 0 saturated carbocycles. The molecule has 2 heterocycles. The van der Waals surface area contributed by atoms with Gasteiger partial charge in [-0.1, -0.05) is 60.7 Å². The Kier molecular flexibility index (Phi) is 7.43. The molecule has 6 heteroatoms. The molecule has 1 aromatic heterocycles. The highest BCUT2D eigenvalue weighted by Gasteiger charge is 2.29. The smallest absolute Gasteiger partial charge is 0.254 e. The van der Waals surface area contributed by atoms with E-state index in [1.165, 1.54) is 0 Å². The van der Waals surface area contributed by atoms with Crippen LogP contribution in [0.2, 0.25) is 0 Å². The Hall–Kier alpha value is -3.90. The van der Waals surface area contributed by atoms with Gasteiger partial charge < -0.3 is 19.4 Å². The number of carbonyl (C=O) groups excluding carboxylic acids is 2. The van der Waals surface area contributed by atoms with E-state index in [1.54, 1.807) is 6.26 Å². The minimum atomic E-state index is -0.211. The Morgan fingerprint density at radius 2 is 1.78 bits per heavy atom. The number of furan rings is 1. The van der Waals surface area contributed by atoms with Crippen molar-refractivity contribution in [3.63, 3.8) is 0 Å². The van der Waals surface area contributed by atoms with E-state index in [0.717, 1.165) is 40.5 Å². The van der Waals surface area contributed by atoms with Gasteiger partial charge in [0, 0.05) is 25.2 Å². The molecule has 5 rings (SSSR count). The summed E-state index contributed by atoms with van der Waals surface area (Å²) in [5.41, 5.74) is 2.75. The van der Waals surface area contributed by atoms with Crippen LogP contribution in [0.5, 0.6) is 0 Å². The number of likely N-dealkylation sites (tertiary alicyclic amines) is 1. The fraction of sp³-hybridized carbons (Fsp3) is 0.267. The molecule has 4 aromatic rings. The van der Waals surface area contributed by atoms with E-state index in [4.69, 9.17) is 9.15 Å². The van der Waals surface area contributed by atoms with Crippen LogP contribution in [-0.4, -0.2) is 29.8 Å². The van der Waals surface area contributed by atoms with E-state index in [1.807, 2.05) is 83.8 Å². The molecule has 1 N–H and O–H groups in total. The molecule has 1 aliphatic rings. The number of nitrogens with one attached hydrogen (secondary N) is 1. The summed E-state index contributed by atoms with van der Waals surface area (Å²) in [6.45, 7) is 2.44. The SMILES string of the molecule is O=C(NCc1cccc(COCc2ccco2)c1)C1CCCN(C(=O)c2cccc3ccccc23)C1. The summed E-state index contributed by atoms with van der Waals surface area (Å²) < 4.78 is 11.0. The number of benzene rings is 3. The summed E-state index contributed by atoms with van der Waals surface area (Å²) in [7, 11) is 0. The first-order chi connectivity index (χ1) is 17.7. The van der Waals surface area contributed by atoms with Crippen LogP contribution in [0.15, 0.2) is 89.5 Å². The van der Waals surface area contributed by atoms with Gasteiger partial charge >= 0.3 is 0 Å². The van der Waals surface area contributed by atoms with E-state index in [0.29, 0.717) is 38.4 Å². The highest BCUT2D eigenvalue weighted by molar-refractivity contribution is 6.07. The van der Waals surface area contributed by atoms with Crippen molar-refractivity contribution in [3.05, 3.63) is 108 Å². The quantitative estimate of drug-likeness (QED) is 0.369. The van der Waals surface area contributed by atoms with Gasteiger partial charge in [0.25, 0.3) is 5.91 Å². The van der Waals surface area contributed by atoms with E-state index < -0.39 is 0 Å². The van der Waals surface area contributed by atoms with Crippen LogP contribution in [-0.2, 0) is 29.3 Å². The van der Waals surface area contributed by atoms with Gasteiger partial charge in [0.1, 0.15) is 12.4 Å². The number of ether oxygens (including phenoxy) is 1. The fourth-order valence-electron chi connectivity index (χ4n) is 4.78. The number of fused-ring (bicyclic) bond motifs is 1. The van der Waals surface area contributed by atoms with Gasteiger partial charge in [-0.15, -0.1) is 0 Å². The second kappa shape index (κ2) is 11.2. The maximum atomic E-state index is 13.3. The molecule has 6 nitrogen and oxygen atoms in total. The third-order valence-electron chi connectivity index (χ3n) is 6.65. The lowest BCUT2D eigenvalue weighted by atomic mass is 9.95. The summed E-state index contributed by atoms with van der Waals surface area (Å²) in [5, 5.41) is 5.06. The lowest BCUT2D eigenvalue weighted by Crippen LogP contribution is -2.45. The van der Waals surface area contributed by atoms with Gasteiger partial charge in [-0.3, -0.25) is 9.59 Å². The summed E-state index contributed by atoms with van der Waals surface area (Å²) in [5.74, 6) is 0.563. The largest absolute Gasteiger partial charge is 0.467 e. The normalized spacial score (nSPS) is 15.7. The molecule has 3 aromatic carbocycles. The Labute approximate surface area is 210 Å². The van der Waals surface area contributed by atoms with Gasteiger partial charge in [-0.2, -0.15) is 0 Å². The van der Waals surface area contributed by atoms with Crippen molar-refractivity contribution in [2.75, 3.05) is 13.1 Å². The molecular formula is C30H30N2O4. The lowest BCUT2D eigenvalue weighted by molar-refractivity contribution is -0.126. The summed E-state index contributed by atoms with van der Waals surface area (Å²) >= 11 is 0. The number of amides is 2. The molecule has 1 atom stereocenters. The average molecular weight is 483 g/mol. The predicted octanol–water partition coefficient (Wildman–Crippen LogP) is 5.32. The lowest BCUT2D eigenvalue weighted by Gasteiger charge is -2.32. The van der Waals surface area contributed by atoms with Crippen LogP contribution in [0.1, 0.15) is 40.1 Å². The molecule has 0 aliphatic carbocycles. The van der Waals surface area contributed by atoms with Crippen LogP contribution in [0.4, 0.5) is 0 Å². The molecule has 1 aliphatic heterocycles. The second-order valence-corrected chi connectivity index (χ2v) is 9.23. The van der Waals surface area contributed by atoms with Gasteiger partial charge in [0.2, 0.25) is 5.91 Å². The van der Waals surface area contributed by atoms with Crippen LogP contribution in [0.3, 0.4) is 0 Å². The van der Waals surface area contributed by atoms with Crippen molar-refractivity contribution in [2.45, 2.75) is 32.6 Å². The molecule has 2 amide bonds. The number of hydrogen-bond acceptors (Lipinski definition) is 4. The molecule has 0 bridgehead atoms. The molecule has 0 spiro atoms. The Morgan fingerprint density at radius 1 is 0.944 bits per heavy atom. The molecule has 1 unspecified atom stereocenters. The maximum absolute atomic E-state index is 13.3. The molecular weight excluding hydrogens is 452 g/mol. The van der Waals surface area contributed by atoms with Crippen molar-refractivity contribution < 1.29 is 18.7 Å². The van der Waals surface area contributed by atoms with Crippen LogP contribution < -0.4 is 5.32 Å². The zero-order valence-corrected chi connectivity index (χ0v) is 20.2. The predicted molar refractivity (Wildman–Crippen MR) is 138 cm³/mol. The summed E-state index contributed by atoms with van der Waals surface area (Å²) in [6, 6.07) is 25.5. The monoisotopic (exact) mass is 482 g/mol. The highest BCUT2D eigenvalue weighted by atomic mass is 16.5. The fourth-order valence-corrected chi connectivity index (χ4v) is 4.78. The van der Waals surface area contributed by atoms with E-state index in [2.05, 4.69) is 5.32 Å². The molecule has 0 radical (unpaired) electrons. The zero-order valence-electron chi connectivity index (χ0n) is 20.2. The molecule has 36 heavy (non-hydrogen) atoms. The standard InChI is InChI=1S/C30H30N2O4/c33-29(31-18-22-7-3-8-23(17-22)20-35-21-26-12-6-16-36-26)25-11-5-15-32(19-25)30(34)28-14-4-10-24-9-1-2-13-27(24)28/h1-4,6-10,12-14,16-17,25H,5,11,15,18-21H2,(H,31,33). The zero-order chi connectivity index (χ0) is 24.7. The third-order valence-corrected chi connectivity index (χ3v) is 6.65. The number of carbonyl (C=O) groups is 2. The Morgan fingerprint density at radius 3 is 2.67 bits per heavy atom. The molecule has 1 fully saturated rings. The second-order valence-electron chi connectivity index (χ2n) is 9.23. The minimum Gasteiger partial charge on any atom is -0.467 e. The van der Waals surface area contributed by atoms with Gasteiger partial charge in [0.05, 0.1) is 18.8 Å². The van der Waals surface area contributed by atoms with Crippen molar-refractivity contribution in [2.24, 2.45) is 5.92 Å². The average Bonchev–Trinajstić information content (AvgIpc) is 3.45. The number of hydrogen-bond donors (Lipinski definition) is 1. The van der Waals surface area contributed by atoms with E-state index >= 15 is 0 Å². The number of rotatable bonds is 8. The number of nitrogens with zero attached hydrogens (tertiary/aromatic N) is 1. The van der Waals surface area contributed by atoms with Gasteiger partial charge in [0.15, 0.2) is 0 Å². The topological polar surface area (TPSA) is 71.8 Å².